The molecule has 6 nitrogen and oxygen atoms in total. The molecule has 1 saturated heterocycles. The fourth-order valence-corrected chi connectivity index (χ4v) is 3.05. The number of nitro groups is 1. The third-order valence-electron chi connectivity index (χ3n) is 3.82. The van der Waals surface area contributed by atoms with Crippen LogP contribution in [0.3, 0.4) is 0 Å². The van der Waals surface area contributed by atoms with Gasteiger partial charge in [-0.25, -0.2) is 4.98 Å². The summed E-state index contributed by atoms with van der Waals surface area (Å²) >= 11 is 3.29. The fraction of sp³-hybridized carbons (Fsp3) is 0.267. The smallest absolute Gasteiger partial charge is 0.293 e. The molecule has 3 rings (SSSR count). The van der Waals surface area contributed by atoms with Crippen molar-refractivity contribution in [2.75, 3.05) is 36.0 Å². The van der Waals surface area contributed by atoms with Crippen LogP contribution in [0.2, 0.25) is 0 Å². The summed E-state index contributed by atoms with van der Waals surface area (Å²) in [5, 5.41) is 11.2. The number of hydrogen-bond donors (Lipinski definition) is 0. The highest BCUT2D eigenvalue weighted by molar-refractivity contribution is 9.10. The molecule has 0 radical (unpaired) electrons. The molecule has 0 bridgehead atoms. The first-order valence-corrected chi connectivity index (χ1v) is 7.84. The average molecular weight is 364 g/mol. The number of benzene rings is 1. The largest absolute Gasteiger partial charge is 0.368 e. The molecule has 0 unspecified atom stereocenters. The van der Waals surface area contributed by atoms with Crippen molar-refractivity contribution in [1.29, 1.82) is 0 Å². The number of nitrogens with zero attached hydrogens (tertiary/aromatic N) is 3. The zero-order chi connectivity index (χ0) is 15.5. The summed E-state index contributed by atoms with van der Waals surface area (Å²) in [6, 6.07) is 9.31. The number of hydrogen-bond acceptors (Lipinski definition) is 4. The van der Waals surface area contributed by atoms with Crippen LogP contribution in [-0.4, -0.2) is 31.1 Å². The van der Waals surface area contributed by atoms with E-state index in [9.17, 15) is 10.1 Å². The summed E-state index contributed by atoms with van der Waals surface area (Å²) in [6.07, 6.45) is 3.81. The molecule has 1 N–H and O–H groups in total. The number of piperazine rings is 1. The van der Waals surface area contributed by atoms with Gasteiger partial charge in [0.2, 0.25) is 0 Å². The summed E-state index contributed by atoms with van der Waals surface area (Å²) in [4.78, 5) is 18.3. The second kappa shape index (κ2) is 6.31. The first kappa shape index (κ1) is 14.8. The molecular formula is C15H16BrN4O2+. The lowest BCUT2D eigenvalue weighted by Gasteiger charge is -2.36. The van der Waals surface area contributed by atoms with Crippen LogP contribution in [-0.2, 0) is 0 Å². The second-order valence-electron chi connectivity index (χ2n) is 5.12. The second-order valence-corrected chi connectivity index (χ2v) is 6.04. The normalized spacial score (nSPS) is 15.0. The van der Waals surface area contributed by atoms with Crippen molar-refractivity contribution in [2.24, 2.45) is 0 Å². The molecule has 2 aromatic rings. The van der Waals surface area contributed by atoms with Gasteiger partial charge in [-0.1, -0.05) is 15.9 Å². The van der Waals surface area contributed by atoms with Gasteiger partial charge < -0.3 is 9.80 Å². The van der Waals surface area contributed by atoms with Gasteiger partial charge in [0, 0.05) is 54.5 Å². The molecule has 1 fully saturated rings. The van der Waals surface area contributed by atoms with E-state index in [0.717, 1.165) is 30.7 Å². The monoisotopic (exact) mass is 363 g/mol. The maximum Gasteiger partial charge on any atom is 0.293 e. The van der Waals surface area contributed by atoms with Crippen LogP contribution < -0.4 is 14.8 Å². The lowest BCUT2D eigenvalue weighted by Crippen LogP contribution is -2.46. The number of nitro benzene ring substituents is 1. The van der Waals surface area contributed by atoms with Gasteiger partial charge in [0.25, 0.3) is 5.69 Å². The summed E-state index contributed by atoms with van der Waals surface area (Å²) in [7, 11) is 0. The lowest BCUT2D eigenvalue weighted by molar-refractivity contribution is -0.384. The first-order valence-electron chi connectivity index (χ1n) is 7.05. The number of aromatic amines is 1. The van der Waals surface area contributed by atoms with E-state index in [-0.39, 0.29) is 10.6 Å². The minimum Gasteiger partial charge on any atom is -0.368 e. The molecule has 1 aliphatic heterocycles. The average Bonchev–Trinajstić information content (AvgIpc) is 2.56. The number of H-pyrrole nitrogens is 1. The molecule has 114 valence electrons. The highest BCUT2D eigenvalue weighted by Gasteiger charge is 2.24. The van der Waals surface area contributed by atoms with E-state index >= 15 is 0 Å². The Morgan fingerprint density at radius 1 is 1.05 bits per heavy atom. The molecule has 22 heavy (non-hydrogen) atoms. The van der Waals surface area contributed by atoms with Gasteiger partial charge in [0.15, 0.2) is 12.4 Å². The molecule has 0 spiro atoms. The number of rotatable bonds is 3. The van der Waals surface area contributed by atoms with Gasteiger partial charge >= 0.3 is 0 Å². The standard InChI is InChI=1S/C15H15BrN4O2/c16-12-1-2-14(15(11-12)20(21)22)19-9-7-18(8-10-19)13-3-5-17-6-4-13/h1-6,11H,7-10H2/p+1. The van der Waals surface area contributed by atoms with Gasteiger partial charge in [-0.2, -0.15) is 0 Å². The predicted octanol–water partition coefficient (Wildman–Crippen LogP) is 2.50. The topological polar surface area (TPSA) is 63.8 Å². The fourth-order valence-electron chi connectivity index (χ4n) is 2.70. The molecule has 0 aliphatic carbocycles. The van der Waals surface area contributed by atoms with Crippen LogP contribution in [0, 0.1) is 10.1 Å². The maximum atomic E-state index is 11.2. The quantitative estimate of drug-likeness (QED) is 0.620. The zero-order valence-corrected chi connectivity index (χ0v) is 13.5. The van der Waals surface area contributed by atoms with Gasteiger partial charge in [-0.15, -0.1) is 0 Å². The van der Waals surface area contributed by atoms with E-state index in [1.165, 1.54) is 5.69 Å². The van der Waals surface area contributed by atoms with E-state index in [1.807, 2.05) is 36.7 Å². The van der Waals surface area contributed by atoms with Crippen LogP contribution in [0.5, 0.6) is 0 Å². The van der Waals surface area contributed by atoms with E-state index in [4.69, 9.17) is 0 Å². The first-order chi connectivity index (χ1) is 10.6. The van der Waals surface area contributed by atoms with Crippen molar-refractivity contribution in [2.45, 2.75) is 0 Å². The Kier molecular flexibility index (Phi) is 4.24. The van der Waals surface area contributed by atoms with Crippen molar-refractivity contribution in [3.05, 3.63) is 57.3 Å². The van der Waals surface area contributed by atoms with Crippen LogP contribution in [0.1, 0.15) is 0 Å². The molecule has 0 atom stereocenters. The van der Waals surface area contributed by atoms with Gasteiger partial charge in [0.1, 0.15) is 5.69 Å². The lowest BCUT2D eigenvalue weighted by atomic mass is 10.2. The van der Waals surface area contributed by atoms with Gasteiger partial charge in [-0.05, 0) is 12.1 Å². The summed E-state index contributed by atoms with van der Waals surface area (Å²) < 4.78 is 0.724. The van der Waals surface area contributed by atoms with Gasteiger partial charge in [0.05, 0.1) is 4.92 Å². The van der Waals surface area contributed by atoms with Gasteiger partial charge in [-0.3, -0.25) is 10.1 Å². The summed E-state index contributed by atoms with van der Waals surface area (Å²) in [5.41, 5.74) is 2.01. The number of nitrogens with one attached hydrogen (secondary N) is 1. The van der Waals surface area contributed by atoms with Crippen molar-refractivity contribution < 1.29 is 9.91 Å². The van der Waals surface area contributed by atoms with Crippen LogP contribution in [0.4, 0.5) is 17.1 Å². The Labute approximate surface area is 136 Å². The maximum absolute atomic E-state index is 11.2. The minimum absolute atomic E-state index is 0.150. The minimum atomic E-state index is -0.320. The number of halogens is 1. The molecule has 1 aromatic carbocycles. The SMILES string of the molecule is O=[N+]([O-])c1cc(Br)ccc1N1CCN(c2cc[nH+]cc2)CC1. The highest BCUT2D eigenvalue weighted by Crippen LogP contribution is 2.32. The molecule has 1 aromatic heterocycles. The molecular weight excluding hydrogens is 348 g/mol. The zero-order valence-electron chi connectivity index (χ0n) is 11.9. The Morgan fingerprint density at radius 3 is 2.32 bits per heavy atom. The Morgan fingerprint density at radius 2 is 1.68 bits per heavy atom. The molecule has 0 amide bonds. The van der Waals surface area contributed by atoms with Crippen LogP contribution in [0.25, 0.3) is 0 Å². The Hall–Kier alpha value is -2.15. The van der Waals surface area contributed by atoms with Crippen molar-refractivity contribution in [3.8, 4) is 0 Å². The van der Waals surface area contributed by atoms with Crippen LogP contribution in [0.15, 0.2) is 47.2 Å². The van der Waals surface area contributed by atoms with E-state index < -0.39 is 0 Å². The highest BCUT2D eigenvalue weighted by atomic mass is 79.9. The third-order valence-corrected chi connectivity index (χ3v) is 4.31. The molecule has 1 aliphatic rings. The Balaban J connectivity index is 1.76. The molecule has 2 heterocycles. The molecule has 7 heteroatoms. The Bertz CT molecular complexity index is 672. The van der Waals surface area contributed by atoms with Crippen molar-refractivity contribution >= 4 is 33.0 Å². The summed E-state index contributed by atoms with van der Waals surface area (Å²) in [6.45, 7) is 3.22. The van der Waals surface area contributed by atoms with Crippen LogP contribution >= 0.6 is 15.9 Å². The number of anilines is 2. The third kappa shape index (κ3) is 3.04. The predicted molar refractivity (Wildman–Crippen MR) is 88.2 cm³/mol. The number of aromatic nitrogens is 1. The van der Waals surface area contributed by atoms with E-state index in [0.29, 0.717) is 5.69 Å². The van der Waals surface area contributed by atoms with Crippen molar-refractivity contribution in [1.82, 2.24) is 0 Å². The van der Waals surface area contributed by atoms with E-state index in [2.05, 4.69) is 30.7 Å². The summed E-state index contributed by atoms with van der Waals surface area (Å²) in [5.74, 6) is 0. The van der Waals surface area contributed by atoms with Crippen molar-refractivity contribution in [3.63, 3.8) is 0 Å². The van der Waals surface area contributed by atoms with E-state index in [1.54, 1.807) is 6.07 Å². The number of pyridine rings is 1. The molecule has 0 saturated carbocycles.